The van der Waals surface area contributed by atoms with E-state index in [0.29, 0.717) is 5.56 Å². The summed E-state index contributed by atoms with van der Waals surface area (Å²) in [5.74, 6) is -0.437. The summed E-state index contributed by atoms with van der Waals surface area (Å²) >= 11 is 0. The summed E-state index contributed by atoms with van der Waals surface area (Å²) in [6.07, 6.45) is -1.24. The quantitative estimate of drug-likeness (QED) is 0.795. The van der Waals surface area contributed by atoms with Crippen LogP contribution in [0.3, 0.4) is 0 Å². The zero-order valence-corrected chi connectivity index (χ0v) is 11.8. The van der Waals surface area contributed by atoms with Crippen LogP contribution in [0.25, 0.3) is 0 Å². The summed E-state index contributed by atoms with van der Waals surface area (Å²) in [5.41, 5.74) is 1.66. The van der Waals surface area contributed by atoms with Crippen molar-refractivity contribution in [3.8, 4) is 0 Å². The van der Waals surface area contributed by atoms with Crippen LogP contribution < -0.4 is 0 Å². The summed E-state index contributed by atoms with van der Waals surface area (Å²) < 4.78 is 14.5. The fourth-order valence-corrected chi connectivity index (χ4v) is 1.81. The van der Waals surface area contributed by atoms with E-state index in [2.05, 4.69) is 25.5 Å². The predicted molar refractivity (Wildman–Crippen MR) is 71.6 cm³/mol. The van der Waals surface area contributed by atoms with Crippen molar-refractivity contribution < 1.29 is 23.8 Å². The highest BCUT2D eigenvalue weighted by Gasteiger charge is 2.26. The van der Waals surface area contributed by atoms with E-state index in [1.54, 1.807) is 12.1 Å². The SMILES string of the molecule is CC(C)(C)c1ccc(C(=O)OCC2COC(=O)O2)cc1. The van der Waals surface area contributed by atoms with Crippen LogP contribution >= 0.6 is 0 Å². The predicted octanol–water partition coefficient (Wildman–Crippen LogP) is 2.68. The minimum Gasteiger partial charge on any atom is -0.458 e. The van der Waals surface area contributed by atoms with Gasteiger partial charge in [-0.1, -0.05) is 32.9 Å². The van der Waals surface area contributed by atoms with E-state index < -0.39 is 18.2 Å². The number of hydrogen-bond donors (Lipinski definition) is 0. The molecule has 1 saturated heterocycles. The minimum absolute atomic E-state index is 0.00555. The van der Waals surface area contributed by atoms with Gasteiger partial charge in [-0.2, -0.15) is 0 Å². The largest absolute Gasteiger partial charge is 0.508 e. The second-order valence-corrected chi connectivity index (χ2v) is 5.73. The average molecular weight is 278 g/mol. The Balaban J connectivity index is 1.91. The third-order valence-corrected chi connectivity index (χ3v) is 3.04. The van der Waals surface area contributed by atoms with E-state index in [1.807, 2.05) is 12.1 Å². The van der Waals surface area contributed by atoms with Gasteiger partial charge < -0.3 is 14.2 Å². The highest BCUT2D eigenvalue weighted by atomic mass is 16.8. The van der Waals surface area contributed by atoms with Crippen LogP contribution in [0, 0.1) is 0 Å². The highest BCUT2D eigenvalue weighted by Crippen LogP contribution is 2.22. The van der Waals surface area contributed by atoms with Crippen molar-refractivity contribution in [2.45, 2.75) is 32.3 Å². The summed E-state index contributed by atoms with van der Waals surface area (Å²) in [6.45, 7) is 6.44. The maximum absolute atomic E-state index is 11.8. The fourth-order valence-electron chi connectivity index (χ4n) is 1.81. The van der Waals surface area contributed by atoms with Gasteiger partial charge in [0, 0.05) is 0 Å². The standard InChI is InChI=1S/C15H18O5/c1-15(2,3)11-6-4-10(5-7-11)13(16)18-8-12-9-19-14(17)20-12/h4-7,12H,8-9H2,1-3H3. The molecule has 1 unspecified atom stereocenters. The van der Waals surface area contributed by atoms with Gasteiger partial charge in [-0.3, -0.25) is 0 Å². The topological polar surface area (TPSA) is 61.8 Å². The molecule has 0 aromatic heterocycles. The Bertz CT molecular complexity index is 498. The maximum Gasteiger partial charge on any atom is 0.508 e. The van der Waals surface area contributed by atoms with E-state index in [1.165, 1.54) is 0 Å². The van der Waals surface area contributed by atoms with Crippen LogP contribution in [0.5, 0.6) is 0 Å². The Morgan fingerprint density at radius 2 is 1.95 bits per heavy atom. The highest BCUT2D eigenvalue weighted by molar-refractivity contribution is 5.89. The minimum atomic E-state index is -0.722. The number of benzene rings is 1. The molecular weight excluding hydrogens is 260 g/mol. The maximum atomic E-state index is 11.8. The summed E-state index contributed by atoms with van der Waals surface area (Å²) in [7, 11) is 0. The molecule has 0 saturated carbocycles. The van der Waals surface area contributed by atoms with Crippen molar-refractivity contribution in [3.05, 3.63) is 35.4 Å². The molecule has 2 rings (SSSR count). The molecule has 5 heteroatoms. The molecule has 20 heavy (non-hydrogen) atoms. The van der Waals surface area contributed by atoms with Gasteiger partial charge in [0.05, 0.1) is 5.56 Å². The lowest BCUT2D eigenvalue weighted by molar-refractivity contribution is 0.0300. The van der Waals surface area contributed by atoms with Crippen LogP contribution in [0.1, 0.15) is 36.7 Å². The lowest BCUT2D eigenvalue weighted by atomic mass is 9.87. The molecule has 0 radical (unpaired) electrons. The summed E-state index contributed by atoms with van der Waals surface area (Å²) in [5, 5.41) is 0. The number of rotatable bonds is 3. The molecule has 1 aromatic carbocycles. The number of hydrogen-bond acceptors (Lipinski definition) is 5. The average Bonchev–Trinajstić information content (AvgIpc) is 2.81. The van der Waals surface area contributed by atoms with E-state index in [4.69, 9.17) is 9.47 Å². The van der Waals surface area contributed by atoms with Gasteiger partial charge >= 0.3 is 12.1 Å². The number of carbonyl (C=O) groups is 2. The third kappa shape index (κ3) is 3.50. The molecule has 1 atom stereocenters. The third-order valence-electron chi connectivity index (χ3n) is 3.04. The van der Waals surface area contributed by atoms with Gasteiger partial charge in [-0.05, 0) is 23.1 Å². The molecule has 1 heterocycles. The van der Waals surface area contributed by atoms with Crippen molar-refractivity contribution in [3.63, 3.8) is 0 Å². The molecule has 5 nitrogen and oxygen atoms in total. The Hall–Kier alpha value is -2.04. The molecule has 1 aliphatic heterocycles. The lowest BCUT2D eigenvalue weighted by Crippen LogP contribution is -2.21. The number of carbonyl (C=O) groups excluding carboxylic acids is 2. The Morgan fingerprint density at radius 1 is 1.30 bits per heavy atom. The Morgan fingerprint density at radius 3 is 2.45 bits per heavy atom. The van der Waals surface area contributed by atoms with Crippen LogP contribution in [0.15, 0.2) is 24.3 Å². The first kappa shape index (κ1) is 14.4. The van der Waals surface area contributed by atoms with Crippen LogP contribution in [-0.2, 0) is 19.6 Å². The zero-order valence-electron chi connectivity index (χ0n) is 11.8. The second kappa shape index (κ2) is 5.53. The molecule has 1 fully saturated rings. The Labute approximate surface area is 117 Å². The van der Waals surface area contributed by atoms with Crippen molar-refractivity contribution in [1.29, 1.82) is 0 Å². The van der Waals surface area contributed by atoms with Crippen molar-refractivity contribution in [2.24, 2.45) is 0 Å². The summed E-state index contributed by atoms with van der Waals surface area (Å²) in [4.78, 5) is 22.6. The first-order chi connectivity index (χ1) is 9.36. The normalized spacial score (nSPS) is 18.4. The molecule has 1 aromatic rings. The Kier molecular flexibility index (Phi) is 3.97. The van der Waals surface area contributed by atoms with Gasteiger partial charge in [0.15, 0.2) is 6.10 Å². The van der Waals surface area contributed by atoms with Gasteiger partial charge in [0.2, 0.25) is 0 Å². The molecule has 0 spiro atoms. The summed E-state index contributed by atoms with van der Waals surface area (Å²) in [6, 6.07) is 7.30. The van der Waals surface area contributed by atoms with Gasteiger partial charge in [-0.25, -0.2) is 9.59 Å². The second-order valence-electron chi connectivity index (χ2n) is 5.73. The monoisotopic (exact) mass is 278 g/mol. The van der Waals surface area contributed by atoms with E-state index in [-0.39, 0.29) is 18.6 Å². The van der Waals surface area contributed by atoms with E-state index in [9.17, 15) is 9.59 Å². The molecule has 108 valence electrons. The van der Waals surface area contributed by atoms with Crippen LogP contribution in [0.4, 0.5) is 4.79 Å². The molecule has 0 amide bonds. The van der Waals surface area contributed by atoms with Gasteiger partial charge in [0.25, 0.3) is 0 Å². The van der Waals surface area contributed by atoms with E-state index >= 15 is 0 Å². The first-order valence-electron chi connectivity index (χ1n) is 6.47. The van der Waals surface area contributed by atoms with Crippen molar-refractivity contribution in [2.75, 3.05) is 13.2 Å². The fraction of sp³-hybridized carbons (Fsp3) is 0.467. The number of esters is 1. The van der Waals surface area contributed by atoms with Gasteiger partial charge in [-0.15, -0.1) is 0 Å². The van der Waals surface area contributed by atoms with E-state index in [0.717, 1.165) is 5.56 Å². The van der Waals surface area contributed by atoms with Crippen molar-refractivity contribution in [1.82, 2.24) is 0 Å². The lowest BCUT2D eigenvalue weighted by Gasteiger charge is -2.19. The molecular formula is C15H18O5. The first-order valence-corrected chi connectivity index (χ1v) is 6.47. The zero-order chi connectivity index (χ0) is 14.8. The van der Waals surface area contributed by atoms with Crippen LogP contribution in [0.2, 0.25) is 0 Å². The van der Waals surface area contributed by atoms with Crippen molar-refractivity contribution >= 4 is 12.1 Å². The molecule has 1 aliphatic rings. The molecule has 0 bridgehead atoms. The van der Waals surface area contributed by atoms with Crippen LogP contribution in [-0.4, -0.2) is 31.4 Å². The molecule has 0 N–H and O–H groups in total. The number of ether oxygens (including phenoxy) is 3. The van der Waals surface area contributed by atoms with Gasteiger partial charge in [0.1, 0.15) is 13.2 Å². The smallest absolute Gasteiger partial charge is 0.458 e. The molecule has 0 aliphatic carbocycles. The number of cyclic esters (lactones) is 2.